The van der Waals surface area contributed by atoms with Gasteiger partial charge < -0.3 is 9.64 Å². The van der Waals surface area contributed by atoms with Gasteiger partial charge in [-0.05, 0) is 14.0 Å². The number of carbonyl (C=O) groups excluding carboxylic acids is 1. The maximum Gasteiger partial charge on any atom is 0.307 e. The van der Waals surface area contributed by atoms with Gasteiger partial charge in [0, 0.05) is 24.2 Å². The first-order valence-electron chi connectivity index (χ1n) is 4.94. The highest BCUT2D eigenvalue weighted by Gasteiger charge is 2.06. The third-order valence-electron chi connectivity index (χ3n) is 1.91. The molecule has 0 atom stereocenters. The maximum atomic E-state index is 11.1. The van der Waals surface area contributed by atoms with Gasteiger partial charge in [0.15, 0.2) is 0 Å². The van der Waals surface area contributed by atoms with E-state index in [2.05, 4.69) is 9.88 Å². The first-order chi connectivity index (χ1) is 7.22. The summed E-state index contributed by atoms with van der Waals surface area (Å²) in [5.41, 5.74) is 1.81. The fourth-order valence-corrected chi connectivity index (χ4v) is 1.85. The van der Waals surface area contributed by atoms with E-state index in [0.29, 0.717) is 13.0 Å². The molecule has 1 heterocycles. The summed E-state index contributed by atoms with van der Waals surface area (Å²) >= 11 is 1.63. The molecule has 1 aromatic heterocycles. The SMILES string of the molecule is CCOC(=O)CCN(C)Cc1cncs1. The van der Waals surface area contributed by atoms with E-state index >= 15 is 0 Å². The highest BCUT2D eigenvalue weighted by atomic mass is 32.1. The number of aromatic nitrogens is 1. The van der Waals surface area contributed by atoms with Gasteiger partial charge in [0.2, 0.25) is 0 Å². The Balaban J connectivity index is 2.19. The molecule has 0 bridgehead atoms. The van der Waals surface area contributed by atoms with Crippen molar-refractivity contribution in [2.24, 2.45) is 0 Å². The van der Waals surface area contributed by atoms with Gasteiger partial charge in [-0.3, -0.25) is 9.78 Å². The molecule has 0 amide bonds. The molecule has 1 aromatic rings. The second kappa shape index (κ2) is 6.53. The Hall–Kier alpha value is -0.940. The molecule has 0 fully saturated rings. The normalized spacial score (nSPS) is 10.6. The molecule has 15 heavy (non-hydrogen) atoms. The minimum Gasteiger partial charge on any atom is -0.466 e. The quantitative estimate of drug-likeness (QED) is 0.692. The number of rotatable bonds is 6. The van der Waals surface area contributed by atoms with Crippen LogP contribution < -0.4 is 0 Å². The summed E-state index contributed by atoms with van der Waals surface area (Å²) in [5, 5.41) is 0. The Morgan fingerprint density at radius 2 is 2.47 bits per heavy atom. The molecule has 84 valence electrons. The van der Waals surface area contributed by atoms with Crippen LogP contribution in [0, 0.1) is 0 Å². The van der Waals surface area contributed by atoms with E-state index in [4.69, 9.17) is 4.74 Å². The lowest BCUT2D eigenvalue weighted by molar-refractivity contribution is -0.143. The zero-order chi connectivity index (χ0) is 11.1. The summed E-state index contributed by atoms with van der Waals surface area (Å²) in [7, 11) is 1.99. The molecule has 4 nitrogen and oxygen atoms in total. The molecular formula is C10H16N2O2S. The first kappa shape index (κ1) is 12.1. The Labute approximate surface area is 93.9 Å². The van der Waals surface area contributed by atoms with E-state index in [1.807, 2.05) is 25.7 Å². The first-order valence-corrected chi connectivity index (χ1v) is 5.82. The average molecular weight is 228 g/mol. The minimum atomic E-state index is -0.131. The molecule has 0 unspecified atom stereocenters. The van der Waals surface area contributed by atoms with Gasteiger partial charge in [0.05, 0.1) is 18.5 Å². The second-order valence-corrected chi connectivity index (χ2v) is 4.23. The number of hydrogen-bond acceptors (Lipinski definition) is 5. The lowest BCUT2D eigenvalue weighted by Gasteiger charge is -2.14. The summed E-state index contributed by atoms with van der Waals surface area (Å²) in [5.74, 6) is -0.131. The van der Waals surface area contributed by atoms with Crippen molar-refractivity contribution in [1.29, 1.82) is 0 Å². The van der Waals surface area contributed by atoms with Crippen molar-refractivity contribution in [3.8, 4) is 0 Å². The molecule has 0 radical (unpaired) electrons. The van der Waals surface area contributed by atoms with Crippen LogP contribution in [0.25, 0.3) is 0 Å². The van der Waals surface area contributed by atoms with E-state index in [-0.39, 0.29) is 5.97 Å². The third kappa shape index (κ3) is 4.90. The minimum absolute atomic E-state index is 0.131. The Morgan fingerprint density at radius 1 is 1.67 bits per heavy atom. The monoisotopic (exact) mass is 228 g/mol. The van der Waals surface area contributed by atoms with Crippen LogP contribution in [-0.2, 0) is 16.1 Å². The highest BCUT2D eigenvalue weighted by molar-refractivity contribution is 7.09. The van der Waals surface area contributed by atoms with Crippen LogP contribution in [0.1, 0.15) is 18.2 Å². The lowest BCUT2D eigenvalue weighted by atomic mass is 10.4. The Kier molecular flexibility index (Phi) is 5.28. The average Bonchev–Trinajstić information content (AvgIpc) is 2.68. The largest absolute Gasteiger partial charge is 0.466 e. The molecule has 0 aliphatic heterocycles. The van der Waals surface area contributed by atoms with Crippen LogP contribution in [0.5, 0.6) is 0 Å². The number of esters is 1. The van der Waals surface area contributed by atoms with Crippen molar-refractivity contribution in [2.75, 3.05) is 20.2 Å². The van der Waals surface area contributed by atoms with E-state index in [9.17, 15) is 4.79 Å². The van der Waals surface area contributed by atoms with Crippen LogP contribution in [-0.4, -0.2) is 36.1 Å². The molecule has 0 aliphatic rings. The molecule has 0 aliphatic carbocycles. The zero-order valence-corrected chi connectivity index (χ0v) is 9.92. The molecule has 1 rings (SSSR count). The third-order valence-corrected chi connectivity index (χ3v) is 2.68. The molecule has 5 heteroatoms. The number of carbonyl (C=O) groups is 1. The summed E-state index contributed by atoms with van der Waals surface area (Å²) in [6, 6.07) is 0. The summed E-state index contributed by atoms with van der Waals surface area (Å²) in [4.78, 5) is 18.4. The fourth-order valence-electron chi connectivity index (χ4n) is 1.18. The van der Waals surface area contributed by atoms with Crippen LogP contribution in [0.4, 0.5) is 0 Å². The topological polar surface area (TPSA) is 42.4 Å². The molecule has 0 aromatic carbocycles. The number of hydrogen-bond donors (Lipinski definition) is 0. The van der Waals surface area contributed by atoms with E-state index < -0.39 is 0 Å². The van der Waals surface area contributed by atoms with Crippen molar-refractivity contribution in [2.45, 2.75) is 19.9 Å². The second-order valence-electron chi connectivity index (χ2n) is 3.26. The summed E-state index contributed by atoms with van der Waals surface area (Å²) in [6.45, 7) is 3.83. The zero-order valence-electron chi connectivity index (χ0n) is 9.10. The van der Waals surface area contributed by atoms with Gasteiger partial charge in [-0.1, -0.05) is 0 Å². The van der Waals surface area contributed by atoms with Crippen molar-refractivity contribution < 1.29 is 9.53 Å². The summed E-state index contributed by atoms with van der Waals surface area (Å²) < 4.78 is 4.85. The van der Waals surface area contributed by atoms with Gasteiger partial charge in [0.25, 0.3) is 0 Å². The highest BCUT2D eigenvalue weighted by Crippen LogP contribution is 2.08. The van der Waals surface area contributed by atoms with E-state index in [1.165, 1.54) is 4.88 Å². The Bertz CT molecular complexity index is 288. The molecule has 0 spiro atoms. The van der Waals surface area contributed by atoms with Gasteiger partial charge in [-0.2, -0.15) is 0 Å². The van der Waals surface area contributed by atoms with Gasteiger partial charge >= 0.3 is 5.97 Å². The van der Waals surface area contributed by atoms with Crippen molar-refractivity contribution >= 4 is 17.3 Å². The predicted molar refractivity (Wildman–Crippen MR) is 59.7 cm³/mol. The number of ether oxygens (including phenoxy) is 1. The number of nitrogens with zero attached hydrogens (tertiary/aromatic N) is 2. The summed E-state index contributed by atoms with van der Waals surface area (Å²) in [6.07, 6.45) is 2.30. The van der Waals surface area contributed by atoms with Crippen molar-refractivity contribution in [3.05, 3.63) is 16.6 Å². The lowest BCUT2D eigenvalue weighted by Crippen LogP contribution is -2.21. The van der Waals surface area contributed by atoms with Crippen LogP contribution in [0.3, 0.4) is 0 Å². The standard InChI is InChI=1S/C10H16N2O2S/c1-3-14-10(13)4-5-12(2)7-9-6-11-8-15-9/h6,8H,3-5,7H2,1-2H3. The molecular weight excluding hydrogens is 212 g/mol. The van der Waals surface area contributed by atoms with E-state index in [1.54, 1.807) is 11.3 Å². The van der Waals surface area contributed by atoms with Crippen LogP contribution >= 0.6 is 11.3 Å². The van der Waals surface area contributed by atoms with Crippen LogP contribution in [0.15, 0.2) is 11.7 Å². The van der Waals surface area contributed by atoms with Crippen molar-refractivity contribution in [1.82, 2.24) is 9.88 Å². The van der Waals surface area contributed by atoms with Crippen molar-refractivity contribution in [3.63, 3.8) is 0 Å². The van der Waals surface area contributed by atoms with Gasteiger partial charge in [-0.15, -0.1) is 11.3 Å². The van der Waals surface area contributed by atoms with E-state index in [0.717, 1.165) is 13.1 Å². The maximum absolute atomic E-state index is 11.1. The predicted octanol–water partition coefficient (Wildman–Crippen LogP) is 1.53. The molecule has 0 saturated heterocycles. The number of thiazole rings is 1. The molecule has 0 saturated carbocycles. The van der Waals surface area contributed by atoms with Gasteiger partial charge in [-0.25, -0.2) is 0 Å². The Morgan fingerprint density at radius 3 is 3.07 bits per heavy atom. The fraction of sp³-hybridized carbons (Fsp3) is 0.600. The van der Waals surface area contributed by atoms with Gasteiger partial charge in [0.1, 0.15) is 0 Å². The van der Waals surface area contributed by atoms with Crippen LogP contribution in [0.2, 0.25) is 0 Å². The smallest absolute Gasteiger partial charge is 0.307 e. The molecule has 0 N–H and O–H groups in total.